The molecule has 0 atom stereocenters. The summed E-state index contributed by atoms with van der Waals surface area (Å²) >= 11 is 0. The molecule has 0 fully saturated rings. The van der Waals surface area contributed by atoms with Crippen molar-refractivity contribution in [2.75, 3.05) is 0 Å². The van der Waals surface area contributed by atoms with Gasteiger partial charge in [-0.3, -0.25) is 0 Å². The number of benzene rings is 7. The van der Waals surface area contributed by atoms with Crippen LogP contribution in [0.3, 0.4) is 0 Å². The van der Waals surface area contributed by atoms with Gasteiger partial charge in [0.25, 0.3) is 0 Å². The Bertz CT molecular complexity index is 2790. The van der Waals surface area contributed by atoms with Crippen LogP contribution in [-0.4, -0.2) is 14.1 Å². The fourth-order valence-electron chi connectivity index (χ4n) is 7.69. The minimum absolute atomic E-state index is 0.946. The average Bonchev–Trinajstić information content (AvgIpc) is 3.72. The molecule has 0 saturated carbocycles. The quantitative estimate of drug-likeness (QED) is 0.184. The van der Waals surface area contributed by atoms with Crippen molar-refractivity contribution in [1.82, 2.24) is 14.1 Å². The third kappa shape index (κ3) is 4.48. The molecule has 7 aromatic carbocycles. The molecular formula is C47H31N3. The zero-order chi connectivity index (χ0) is 33.0. The van der Waals surface area contributed by atoms with E-state index in [0.717, 1.165) is 39.5 Å². The second kappa shape index (κ2) is 11.5. The molecule has 0 spiro atoms. The van der Waals surface area contributed by atoms with Gasteiger partial charge in [-0.15, -0.1) is 0 Å². The van der Waals surface area contributed by atoms with Crippen molar-refractivity contribution in [3.8, 4) is 45.0 Å². The molecule has 234 valence electrons. The second-order valence-corrected chi connectivity index (χ2v) is 12.8. The zero-order valence-electron chi connectivity index (χ0n) is 27.2. The van der Waals surface area contributed by atoms with Gasteiger partial charge >= 0.3 is 0 Å². The Morgan fingerprint density at radius 2 is 0.760 bits per heavy atom. The third-order valence-electron chi connectivity index (χ3n) is 9.89. The van der Waals surface area contributed by atoms with Gasteiger partial charge in [-0.05, 0) is 71.8 Å². The summed E-state index contributed by atoms with van der Waals surface area (Å²) in [6, 6.07) is 67.1. The molecule has 0 amide bonds. The van der Waals surface area contributed by atoms with Gasteiger partial charge in [0.1, 0.15) is 0 Å². The summed E-state index contributed by atoms with van der Waals surface area (Å²) in [5.74, 6) is 0. The summed E-state index contributed by atoms with van der Waals surface area (Å²) in [5.41, 5.74) is 13.4. The molecule has 3 heterocycles. The van der Waals surface area contributed by atoms with E-state index in [1.54, 1.807) is 0 Å². The van der Waals surface area contributed by atoms with Crippen LogP contribution in [0.2, 0.25) is 0 Å². The molecule has 0 radical (unpaired) electrons. The topological polar surface area (TPSA) is 22.8 Å². The second-order valence-electron chi connectivity index (χ2n) is 12.8. The molecule has 3 aromatic heterocycles. The van der Waals surface area contributed by atoms with Crippen LogP contribution in [0.15, 0.2) is 188 Å². The van der Waals surface area contributed by atoms with Crippen molar-refractivity contribution in [1.29, 1.82) is 0 Å². The van der Waals surface area contributed by atoms with Crippen molar-refractivity contribution in [3.05, 3.63) is 188 Å². The highest BCUT2D eigenvalue weighted by atomic mass is 15.0. The minimum Gasteiger partial charge on any atom is -0.309 e. The third-order valence-corrected chi connectivity index (χ3v) is 9.89. The van der Waals surface area contributed by atoms with Crippen LogP contribution in [0.25, 0.3) is 88.6 Å². The maximum absolute atomic E-state index is 5.24. The number of pyridine rings is 1. The summed E-state index contributed by atoms with van der Waals surface area (Å²) < 4.78 is 4.81. The lowest BCUT2D eigenvalue weighted by Crippen LogP contribution is -1.96. The molecule has 0 saturated heterocycles. The highest BCUT2D eigenvalue weighted by Gasteiger charge is 2.20. The van der Waals surface area contributed by atoms with Gasteiger partial charge in [-0.25, -0.2) is 4.98 Å². The summed E-state index contributed by atoms with van der Waals surface area (Å²) in [7, 11) is 0. The first-order valence-corrected chi connectivity index (χ1v) is 17.1. The molecule has 10 aromatic rings. The molecule has 0 N–H and O–H groups in total. The number of rotatable bonds is 5. The highest BCUT2D eigenvalue weighted by molar-refractivity contribution is 6.28. The normalized spacial score (nSPS) is 11.6. The summed E-state index contributed by atoms with van der Waals surface area (Å²) in [6.07, 6.45) is 0. The molecule has 10 rings (SSSR count). The fraction of sp³-hybridized carbons (Fsp3) is 0. The fourth-order valence-corrected chi connectivity index (χ4v) is 7.69. The van der Waals surface area contributed by atoms with Crippen LogP contribution in [0, 0.1) is 0 Å². The van der Waals surface area contributed by atoms with Crippen LogP contribution >= 0.6 is 0 Å². The van der Waals surface area contributed by atoms with E-state index >= 15 is 0 Å². The lowest BCUT2D eigenvalue weighted by Gasteiger charge is -2.13. The van der Waals surface area contributed by atoms with Crippen LogP contribution in [-0.2, 0) is 0 Å². The van der Waals surface area contributed by atoms with Gasteiger partial charge in [0.15, 0.2) is 0 Å². The van der Waals surface area contributed by atoms with E-state index in [9.17, 15) is 0 Å². The van der Waals surface area contributed by atoms with E-state index in [-0.39, 0.29) is 0 Å². The molecular weight excluding hydrogens is 607 g/mol. The summed E-state index contributed by atoms with van der Waals surface area (Å²) in [5, 5.41) is 5.04. The number of hydrogen-bond acceptors (Lipinski definition) is 1. The van der Waals surface area contributed by atoms with Gasteiger partial charge in [0.2, 0.25) is 0 Å². The minimum atomic E-state index is 0.946. The molecule has 0 bridgehead atoms. The largest absolute Gasteiger partial charge is 0.309 e. The molecule has 3 heteroatoms. The van der Waals surface area contributed by atoms with Crippen LogP contribution in [0.5, 0.6) is 0 Å². The number of hydrogen-bond donors (Lipinski definition) is 0. The van der Waals surface area contributed by atoms with E-state index in [1.165, 1.54) is 49.2 Å². The predicted octanol–water partition coefficient (Wildman–Crippen LogP) is 12.3. The Balaban J connectivity index is 1.22. The monoisotopic (exact) mass is 637 g/mol. The van der Waals surface area contributed by atoms with E-state index in [1.807, 2.05) is 6.07 Å². The van der Waals surface area contributed by atoms with Crippen LogP contribution in [0.4, 0.5) is 0 Å². The number of fused-ring (bicyclic) bond motifs is 7. The Kier molecular flexibility index (Phi) is 6.49. The zero-order valence-corrected chi connectivity index (χ0v) is 27.2. The lowest BCUT2D eigenvalue weighted by atomic mass is 10.00. The van der Waals surface area contributed by atoms with Crippen molar-refractivity contribution < 1.29 is 0 Å². The van der Waals surface area contributed by atoms with Crippen molar-refractivity contribution in [2.24, 2.45) is 0 Å². The van der Waals surface area contributed by atoms with Gasteiger partial charge in [-0.1, -0.05) is 127 Å². The van der Waals surface area contributed by atoms with Crippen molar-refractivity contribution >= 4 is 43.6 Å². The Morgan fingerprint density at radius 3 is 1.38 bits per heavy atom. The maximum atomic E-state index is 5.24. The molecule has 0 aliphatic carbocycles. The SMILES string of the molecule is c1ccc(-c2cc(-c3ccccc3)nc(-c3cccc(-n4c5ccccc5c5c6c7ccccc7n(-c7ccccc7)c6ccc54)c3)c2)cc1. The number of nitrogens with zero attached hydrogens (tertiary/aromatic N) is 3. The molecule has 0 aliphatic heterocycles. The molecule has 0 aliphatic rings. The summed E-state index contributed by atoms with van der Waals surface area (Å²) in [6.45, 7) is 0. The van der Waals surface area contributed by atoms with E-state index < -0.39 is 0 Å². The first-order valence-electron chi connectivity index (χ1n) is 17.1. The highest BCUT2D eigenvalue weighted by Crippen LogP contribution is 2.42. The molecule has 3 nitrogen and oxygen atoms in total. The van der Waals surface area contributed by atoms with E-state index in [2.05, 4.69) is 191 Å². The molecule has 0 unspecified atom stereocenters. The van der Waals surface area contributed by atoms with Gasteiger partial charge in [0.05, 0.1) is 33.5 Å². The first kappa shape index (κ1) is 28.3. The smallest absolute Gasteiger partial charge is 0.0716 e. The number of aromatic nitrogens is 3. The predicted molar refractivity (Wildman–Crippen MR) is 209 cm³/mol. The van der Waals surface area contributed by atoms with Crippen molar-refractivity contribution in [3.63, 3.8) is 0 Å². The maximum Gasteiger partial charge on any atom is 0.0716 e. The molecule has 50 heavy (non-hydrogen) atoms. The van der Waals surface area contributed by atoms with E-state index in [0.29, 0.717) is 0 Å². The lowest BCUT2D eigenvalue weighted by molar-refractivity contribution is 1.17. The van der Waals surface area contributed by atoms with Crippen LogP contribution in [0.1, 0.15) is 0 Å². The van der Waals surface area contributed by atoms with Crippen molar-refractivity contribution in [2.45, 2.75) is 0 Å². The standard InChI is InChI=1S/C47H31N3/c1-4-15-32(16-5-1)35-30-40(33-17-6-2-7-18-33)48-41(31-35)34-19-14-22-37(29-34)50-43-26-13-11-24-39(43)47-45(50)28-27-44-46(47)38-23-10-12-25-42(38)49(44)36-20-8-3-9-21-36/h1-31H. The van der Waals surface area contributed by atoms with Crippen LogP contribution < -0.4 is 0 Å². The Hall–Kier alpha value is -6.71. The first-order chi connectivity index (χ1) is 24.8. The van der Waals surface area contributed by atoms with Gasteiger partial charge in [-0.2, -0.15) is 0 Å². The number of para-hydroxylation sites is 3. The van der Waals surface area contributed by atoms with E-state index in [4.69, 9.17) is 4.98 Å². The van der Waals surface area contributed by atoms with Gasteiger partial charge in [0, 0.05) is 44.0 Å². The van der Waals surface area contributed by atoms with Gasteiger partial charge < -0.3 is 9.13 Å². The Morgan fingerprint density at radius 1 is 0.300 bits per heavy atom. The average molecular weight is 638 g/mol. The Labute approximate surface area is 290 Å². The summed E-state index contributed by atoms with van der Waals surface area (Å²) in [4.78, 5) is 5.24.